The van der Waals surface area contributed by atoms with Crippen LogP contribution in [0.5, 0.6) is 11.5 Å². The molecule has 29 heavy (non-hydrogen) atoms. The molecule has 1 amide bonds. The van der Waals surface area contributed by atoms with Crippen LogP contribution in [0.3, 0.4) is 0 Å². The molecule has 0 bridgehead atoms. The first-order valence-electron chi connectivity index (χ1n) is 10.2. The van der Waals surface area contributed by atoms with E-state index in [2.05, 4.69) is 22.2 Å². The van der Waals surface area contributed by atoms with E-state index in [-0.39, 0.29) is 5.91 Å². The lowest BCUT2D eigenvalue weighted by Crippen LogP contribution is -2.33. The van der Waals surface area contributed by atoms with Crippen molar-refractivity contribution in [2.45, 2.75) is 39.2 Å². The van der Waals surface area contributed by atoms with Gasteiger partial charge in [0.05, 0.1) is 26.1 Å². The fourth-order valence-electron chi connectivity index (χ4n) is 3.82. The summed E-state index contributed by atoms with van der Waals surface area (Å²) < 4.78 is 12.5. The summed E-state index contributed by atoms with van der Waals surface area (Å²) in [6, 6.07) is 5.40. The fraction of sp³-hybridized carbons (Fsp3) is 0.545. The highest BCUT2D eigenvalue weighted by molar-refractivity contribution is 5.92. The van der Waals surface area contributed by atoms with Crippen LogP contribution in [0.15, 0.2) is 24.4 Å². The molecule has 7 nitrogen and oxygen atoms in total. The van der Waals surface area contributed by atoms with Crippen molar-refractivity contribution in [1.82, 2.24) is 14.7 Å². The number of nitrogens with zero attached hydrogens (tertiary/aromatic N) is 3. The molecule has 1 fully saturated rings. The number of carbonyl (C=O) groups excluding carboxylic acids is 1. The predicted octanol–water partition coefficient (Wildman–Crippen LogP) is 3.38. The van der Waals surface area contributed by atoms with E-state index in [1.807, 2.05) is 30.1 Å². The summed E-state index contributed by atoms with van der Waals surface area (Å²) in [4.78, 5) is 14.9. The summed E-state index contributed by atoms with van der Waals surface area (Å²) >= 11 is 0. The second kappa shape index (κ2) is 9.78. The molecule has 158 valence electrons. The van der Waals surface area contributed by atoms with E-state index in [1.165, 1.54) is 11.3 Å². The molecule has 0 spiro atoms. The highest BCUT2D eigenvalue weighted by atomic mass is 16.5. The number of carbonyl (C=O) groups is 1. The second-order valence-corrected chi connectivity index (χ2v) is 7.75. The van der Waals surface area contributed by atoms with Gasteiger partial charge in [-0.1, -0.05) is 0 Å². The van der Waals surface area contributed by atoms with E-state index in [4.69, 9.17) is 9.47 Å². The van der Waals surface area contributed by atoms with E-state index in [1.54, 1.807) is 20.3 Å². The molecule has 1 aromatic heterocycles. The molecule has 0 saturated carbocycles. The van der Waals surface area contributed by atoms with Crippen LogP contribution in [0.1, 0.15) is 36.9 Å². The zero-order valence-electron chi connectivity index (χ0n) is 17.9. The molecule has 1 saturated heterocycles. The van der Waals surface area contributed by atoms with E-state index in [0.29, 0.717) is 29.5 Å². The van der Waals surface area contributed by atoms with Gasteiger partial charge in [0, 0.05) is 37.3 Å². The number of amides is 1. The number of ether oxygens (including phenoxy) is 2. The summed E-state index contributed by atoms with van der Waals surface area (Å²) in [6.45, 7) is 5.23. The van der Waals surface area contributed by atoms with Gasteiger partial charge >= 0.3 is 0 Å². The highest BCUT2D eigenvalue weighted by Crippen LogP contribution is 2.29. The highest BCUT2D eigenvalue weighted by Gasteiger charge is 2.21. The van der Waals surface area contributed by atoms with Crippen molar-refractivity contribution < 1.29 is 14.3 Å². The summed E-state index contributed by atoms with van der Waals surface area (Å²) in [5.74, 6) is 1.94. The average Bonchev–Trinajstić information content (AvgIpc) is 3.05. The molecular formula is C22H32N4O3. The average molecular weight is 401 g/mol. The van der Waals surface area contributed by atoms with Gasteiger partial charge in [0.1, 0.15) is 11.5 Å². The molecule has 0 radical (unpaired) electrons. The maximum absolute atomic E-state index is 12.4. The van der Waals surface area contributed by atoms with Gasteiger partial charge in [0.25, 0.3) is 0 Å². The van der Waals surface area contributed by atoms with Crippen LogP contribution in [0, 0.1) is 12.8 Å². The largest absolute Gasteiger partial charge is 0.497 e. The first-order valence-corrected chi connectivity index (χ1v) is 10.2. The van der Waals surface area contributed by atoms with Gasteiger partial charge in [-0.3, -0.25) is 14.4 Å². The summed E-state index contributed by atoms with van der Waals surface area (Å²) in [7, 11) is 5.18. The predicted molar refractivity (Wildman–Crippen MR) is 113 cm³/mol. The van der Waals surface area contributed by atoms with Gasteiger partial charge in [-0.05, 0) is 57.3 Å². The van der Waals surface area contributed by atoms with Crippen LogP contribution >= 0.6 is 0 Å². The van der Waals surface area contributed by atoms with Gasteiger partial charge in [0.15, 0.2) is 0 Å². The third-order valence-electron chi connectivity index (χ3n) is 5.90. The number of aromatic nitrogens is 2. The Morgan fingerprint density at radius 1 is 1.24 bits per heavy atom. The van der Waals surface area contributed by atoms with Gasteiger partial charge in [0.2, 0.25) is 5.91 Å². The number of hydrogen-bond acceptors (Lipinski definition) is 5. The molecule has 0 aliphatic carbocycles. The van der Waals surface area contributed by atoms with Crippen LogP contribution < -0.4 is 14.8 Å². The Morgan fingerprint density at radius 2 is 2.00 bits per heavy atom. The number of nitrogens with one attached hydrogen (secondary N) is 1. The SMILES string of the molecule is COc1ccc(NC(=O)CCC2CCN(Cc3cnn(C)c3C)CC2)c(OC)c1. The van der Waals surface area contributed by atoms with Crippen molar-refractivity contribution in [3.8, 4) is 11.5 Å². The van der Waals surface area contributed by atoms with Crippen molar-refractivity contribution in [3.63, 3.8) is 0 Å². The minimum Gasteiger partial charge on any atom is -0.497 e. The van der Waals surface area contributed by atoms with Gasteiger partial charge in [-0.25, -0.2) is 0 Å². The van der Waals surface area contributed by atoms with E-state index in [9.17, 15) is 4.79 Å². The summed E-state index contributed by atoms with van der Waals surface area (Å²) in [6.07, 6.45) is 5.70. The third kappa shape index (κ3) is 5.50. The number of piperidine rings is 1. The maximum atomic E-state index is 12.4. The molecule has 3 rings (SSSR count). The number of aryl methyl sites for hydroxylation is 1. The lowest BCUT2D eigenvalue weighted by Gasteiger charge is -2.31. The van der Waals surface area contributed by atoms with Crippen molar-refractivity contribution in [2.24, 2.45) is 13.0 Å². The number of likely N-dealkylation sites (tertiary alicyclic amines) is 1. The van der Waals surface area contributed by atoms with Crippen LogP contribution in [-0.4, -0.2) is 47.9 Å². The van der Waals surface area contributed by atoms with Crippen molar-refractivity contribution >= 4 is 11.6 Å². The Hall–Kier alpha value is -2.54. The molecule has 1 aliphatic heterocycles. The zero-order chi connectivity index (χ0) is 20.8. The molecule has 2 heterocycles. The van der Waals surface area contributed by atoms with Gasteiger partial charge in [-0.2, -0.15) is 5.10 Å². The molecule has 7 heteroatoms. The Kier molecular flexibility index (Phi) is 7.14. The van der Waals surface area contributed by atoms with E-state index in [0.717, 1.165) is 38.9 Å². The molecule has 1 aliphatic rings. The third-order valence-corrected chi connectivity index (χ3v) is 5.90. The Morgan fingerprint density at radius 3 is 2.62 bits per heavy atom. The van der Waals surface area contributed by atoms with E-state index < -0.39 is 0 Å². The zero-order valence-corrected chi connectivity index (χ0v) is 17.9. The smallest absolute Gasteiger partial charge is 0.224 e. The van der Waals surface area contributed by atoms with Crippen LogP contribution in [0.2, 0.25) is 0 Å². The van der Waals surface area contributed by atoms with Crippen LogP contribution in [0.25, 0.3) is 0 Å². The Bertz CT molecular complexity index is 825. The molecular weight excluding hydrogens is 368 g/mol. The first-order chi connectivity index (χ1) is 14.0. The second-order valence-electron chi connectivity index (χ2n) is 7.75. The quantitative estimate of drug-likeness (QED) is 0.736. The topological polar surface area (TPSA) is 68.6 Å². The van der Waals surface area contributed by atoms with Gasteiger partial charge < -0.3 is 14.8 Å². The van der Waals surface area contributed by atoms with Crippen molar-refractivity contribution in [1.29, 1.82) is 0 Å². The lowest BCUT2D eigenvalue weighted by molar-refractivity contribution is -0.116. The molecule has 1 N–H and O–H groups in total. The lowest BCUT2D eigenvalue weighted by atomic mass is 9.92. The Balaban J connectivity index is 1.42. The number of benzene rings is 1. The molecule has 2 aromatic rings. The summed E-state index contributed by atoms with van der Waals surface area (Å²) in [5.41, 5.74) is 3.22. The first kappa shape index (κ1) is 21.2. The number of anilines is 1. The number of hydrogen-bond donors (Lipinski definition) is 1. The Labute approximate surface area is 173 Å². The monoisotopic (exact) mass is 400 g/mol. The van der Waals surface area contributed by atoms with Crippen molar-refractivity contribution in [2.75, 3.05) is 32.6 Å². The minimum atomic E-state index is 0.0295. The summed E-state index contributed by atoms with van der Waals surface area (Å²) in [5, 5.41) is 7.29. The van der Waals surface area contributed by atoms with Crippen molar-refractivity contribution in [3.05, 3.63) is 35.7 Å². The maximum Gasteiger partial charge on any atom is 0.224 e. The number of rotatable bonds is 8. The normalized spacial score (nSPS) is 15.3. The van der Waals surface area contributed by atoms with Crippen LogP contribution in [0.4, 0.5) is 5.69 Å². The minimum absolute atomic E-state index is 0.0295. The van der Waals surface area contributed by atoms with E-state index >= 15 is 0 Å². The molecule has 0 unspecified atom stereocenters. The molecule has 0 atom stereocenters. The van der Waals surface area contributed by atoms with Crippen LogP contribution in [-0.2, 0) is 18.4 Å². The standard InChI is InChI=1S/C22H32N4O3/c1-16-18(14-23-25(16)2)15-26-11-9-17(10-12-26)5-8-22(27)24-20-7-6-19(28-3)13-21(20)29-4/h6-7,13-14,17H,5,8-12,15H2,1-4H3,(H,24,27). The molecule has 1 aromatic carbocycles. The fourth-order valence-corrected chi connectivity index (χ4v) is 3.82. The van der Waals surface area contributed by atoms with Gasteiger partial charge in [-0.15, -0.1) is 0 Å². The number of methoxy groups -OCH3 is 2.